The SMILES string of the molecule is CCCCCN(C)S(=O)(=O)c1ccc(C(=O)O)cc1F. The summed E-state index contributed by atoms with van der Waals surface area (Å²) in [5.41, 5.74) is -0.282. The van der Waals surface area contributed by atoms with Crippen molar-refractivity contribution in [1.82, 2.24) is 4.31 Å². The Hall–Kier alpha value is -1.47. The van der Waals surface area contributed by atoms with E-state index in [0.717, 1.165) is 35.3 Å². The average molecular weight is 303 g/mol. The van der Waals surface area contributed by atoms with Gasteiger partial charge in [-0.25, -0.2) is 21.9 Å². The van der Waals surface area contributed by atoms with Crippen molar-refractivity contribution in [3.05, 3.63) is 29.6 Å². The molecule has 0 saturated carbocycles. The molecule has 5 nitrogen and oxygen atoms in total. The van der Waals surface area contributed by atoms with E-state index in [4.69, 9.17) is 5.11 Å². The van der Waals surface area contributed by atoms with Crippen LogP contribution in [0.15, 0.2) is 23.1 Å². The van der Waals surface area contributed by atoms with E-state index in [0.29, 0.717) is 13.0 Å². The summed E-state index contributed by atoms with van der Waals surface area (Å²) in [6.45, 7) is 2.30. The molecule has 0 heterocycles. The zero-order valence-corrected chi connectivity index (χ0v) is 12.3. The second kappa shape index (κ2) is 6.81. The largest absolute Gasteiger partial charge is 0.478 e. The molecule has 0 aromatic heterocycles. The first-order chi connectivity index (χ1) is 9.30. The lowest BCUT2D eigenvalue weighted by molar-refractivity contribution is 0.0696. The van der Waals surface area contributed by atoms with Crippen LogP contribution in [-0.2, 0) is 10.0 Å². The van der Waals surface area contributed by atoms with E-state index in [9.17, 15) is 17.6 Å². The van der Waals surface area contributed by atoms with Gasteiger partial charge in [0.2, 0.25) is 10.0 Å². The molecule has 0 aliphatic rings. The van der Waals surface area contributed by atoms with Crippen LogP contribution >= 0.6 is 0 Å². The van der Waals surface area contributed by atoms with Gasteiger partial charge in [0.25, 0.3) is 0 Å². The Morgan fingerprint density at radius 2 is 2.00 bits per heavy atom. The number of hydrogen-bond donors (Lipinski definition) is 1. The van der Waals surface area contributed by atoms with Crippen LogP contribution in [0.3, 0.4) is 0 Å². The maximum Gasteiger partial charge on any atom is 0.335 e. The van der Waals surface area contributed by atoms with Crippen molar-refractivity contribution in [3.8, 4) is 0 Å². The number of rotatable bonds is 7. The molecular formula is C13H18FNO4S. The normalized spacial score (nSPS) is 11.8. The van der Waals surface area contributed by atoms with Crippen LogP contribution < -0.4 is 0 Å². The number of aromatic carboxylic acids is 1. The molecule has 0 aliphatic heterocycles. The summed E-state index contributed by atoms with van der Waals surface area (Å²) in [4.78, 5) is 10.2. The van der Waals surface area contributed by atoms with Crippen molar-refractivity contribution >= 4 is 16.0 Å². The van der Waals surface area contributed by atoms with E-state index in [1.54, 1.807) is 0 Å². The van der Waals surface area contributed by atoms with E-state index in [1.807, 2.05) is 6.92 Å². The second-order valence-corrected chi connectivity index (χ2v) is 6.50. The summed E-state index contributed by atoms with van der Waals surface area (Å²) in [5.74, 6) is -2.35. The molecular weight excluding hydrogens is 285 g/mol. The first-order valence-electron chi connectivity index (χ1n) is 6.30. The van der Waals surface area contributed by atoms with Crippen LogP contribution in [-0.4, -0.2) is 37.4 Å². The smallest absolute Gasteiger partial charge is 0.335 e. The highest BCUT2D eigenvalue weighted by Crippen LogP contribution is 2.20. The Balaban J connectivity index is 3.00. The van der Waals surface area contributed by atoms with Gasteiger partial charge in [0.15, 0.2) is 0 Å². The summed E-state index contributed by atoms with van der Waals surface area (Å²) in [7, 11) is -2.54. The van der Waals surface area contributed by atoms with Crippen LogP contribution in [0.5, 0.6) is 0 Å². The van der Waals surface area contributed by atoms with Crippen molar-refractivity contribution < 1.29 is 22.7 Å². The van der Waals surface area contributed by atoms with Crippen molar-refractivity contribution in [2.24, 2.45) is 0 Å². The lowest BCUT2D eigenvalue weighted by Crippen LogP contribution is -2.28. The maximum atomic E-state index is 13.8. The number of unbranched alkanes of at least 4 members (excludes halogenated alkanes) is 2. The standard InChI is InChI=1S/C13H18FNO4S/c1-3-4-5-8-15(2)20(18,19)12-7-6-10(13(16)17)9-11(12)14/h6-7,9H,3-5,8H2,1-2H3,(H,16,17). The molecule has 1 aromatic rings. The second-order valence-electron chi connectivity index (χ2n) is 4.48. The summed E-state index contributed by atoms with van der Waals surface area (Å²) >= 11 is 0. The lowest BCUT2D eigenvalue weighted by Gasteiger charge is -2.17. The first kappa shape index (κ1) is 16.6. The third-order valence-corrected chi connectivity index (χ3v) is 4.83. The van der Waals surface area contributed by atoms with E-state index in [1.165, 1.54) is 7.05 Å². The van der Waals surface area contributed by atoms with Crippen LogP contribution in [0, 0.1) is 5.82 Å². The van der Waals surface area contributed by atoms with Gasteiger partial charge in [-0.3, -0.25) is 0 Å². The van der Waals surface area contributed by atoms with Gasteiger partial charge in [-0.15, -0.1) is 0 Å². The molecule has 20 heavy (non-hydrogen) atoms. The van der Waals surface area contributed by atoms with Crippen molar-refractivity contribution in [1.29, 1.82) is 0 Å². The zero-order chi connectivity index (χ0) is 15.3. The van der Waals surface area contributed by atoms with E-state index >= 15 is 0 Å². The lowest BCUT2D eigenvalue weighted by atomic mass is 10.2. The van der Waals surface area contributed by atoms with Crippen molar-refractivity contribution in [3.63, 3.8) is 0 Å². The van der Waals surface area contributed by atoms with Gasteiger partial charge >= 0.3 is 5.97 Å². The molecule has 1 N–H and O–H groups in total. The predicted molar refractivity (Wildman–Crippen MR) is 72.7 cm³/mol. The molecule has 0 fully saturated rings. The highest BCUT2D eigenvalue weighted by Gasteiger charge is 2.24. The fraction of sp³-hybridized carbons (Fsp3) is 0.462. The van der Waals surface area contributed by atoms with Crippen molar-refractivity contribution in [2.75, 3.05) is 13.6 Å². The van der Waals surface area contributed by atoms with Crippen LogP contribution in [0.1, 0.15) is 36.5 Å². The van der Waals surface area contributed by atoms with E-state index in [2.05, 4.69) is 0 Å². The molecule has 1 aromatic carbocycles. The third kappa shape index (κ3) is 3.77. The monoisotopic (exact) mass is 303 g/mol. The number of nitrogens with zero attached hydrogens (tertiary/aromatic N) is 1. The predicted octanol–water partition coefficient (Wildman–Crippen LogP) is 2.33. The van der Waals surface area contributed by atoms with Gasteiger partial charge in [-0.2, -0.15) is 0 Å². The Bertz CT molecular complexity index is 586. The average Bonchev–Trinajstić information content (AvgIpc) is 2.38. The zero-order valence-electron chi connectivity index (χ0n) is 11.5. The molecule has 0 radical (unpaired) electrons. The number of halogens is 1. The Morgan fingerprint density at radius 3 is 2.50 bits per heavy atom. The topological polar surface area (TPSA) is 74.7 Å². The molecule has 0 aliphatic carbocycles. The summed E-state index contributed by atoms with van der Waals surface area (Å²) in [6, 6.07) is 2.79. The minimum atomic E-state index is -3.93. The third-order valence-electron chi connectivity index (χ3n) is 2.94. The van der Waals surface area contributed by atoms with Gasteiger partial charge < -0.3 is 5.11 Å². The van der Waals surface area contributed by atoms with Crippen LogP contribution in [0.4, 0.5) is 4.39 Å². The van der Waals surface area contributed by atoms with Gasteiger partial charge in [0.05, 0.1) is 5.56 Å². The van der Waals surface area contributed by atoms with Crippen LogP contribution in [0.2, 0.25) is 0 Å². The molecule has 0 bridgehead atoms. The first-order valence-corrected chi connectivity index (χ1v) is 7.74. The number of sulfonamides is 1. The highest BCUT2D eigenvalue weighted by molar-refractivity contribution is 7.89. The minimum absolute atomic E-state index is 0.282. The Labute approximate surface area is 118 Å². The Morgan fingerprint density at radius 1 is 1.35 bits per heavy atom. The molecule has 0 unspecified atom stereocenters. The Kier molecular flexibility index (Phi) is 5.64. The molecule has 0 amide bonds. The van der Waals surface area contributed by atoms with E-state index < -0.39 is 26.7 Å². The summed E-state index contributed by atoms with van der Waals surface area (Å²) in [5, 5.41) is 8.73. The van der Waals surface area contributed by atoms with Crippen LogP contribution in [0.25, 0.3) is 0 Å². The molecule has 112 valence electrons. The molecule has 0 atom stereocenters. The molecule has 1 rings (SSSR count). The number of hydrogen-bond acceptors (Lipinski definition) is 3. The fourth-order valence-corrected chi connectivity index (χ4v) is 2.97. The van der Waals surface area contributed by atoms with Gasteiger partial charge in [0, 0.05) is 13.6 Å². The quantitative estimate of drug-likeness (QED) is 0.785. The maximum absolute atomic E-state index is 13.8. The summed E-state index contributed by atoms with van der Waals surface area (Å²) in [6.07, 6.45) is 2.54. The van der Waals surface area contributed by atoms with Gasteiger partial charge in [0.1, 0.15) is 10.7 Å². The number of benzene rings is 1. The number of carboxylic acids is 1. The van der Waals surface area contributed by atoms with Crippen molar-refractivity contribution in [2.45, 2.75) is 31.1 Å². The highest BCUT2D eigenvalue weighted by atomic mass is 32.2. The molecule has 0 spiro atoms. The number of carbonyl (C=O) groups is 1. The minimum Gasteiger partial charge on any atom is -0.478 e. The summed E-state index contributed by atoms with van der Waals surface area (Å²) < 4.78 is 39.2. The molecule has 7 heteroatoms. The molecule has 0 saturated heterocycles. The number of carboxylic acid groups (broad SMARTS) is 1. The van der Waals surface area contributed by atoms with Gasteiger partial charge in [-0.1, -0.05) is 19.8 Å². The fourth-order valence-electron chi connectivity index (χ4n) is 1.72. The van der Waals surface area contributed by atoms with E-state index in [-0.39, 0.29) is 5.56 Å². The van der Waals surface area contributed by atoms with Gasteiger partial charge in [-0.05, 0) is 24.6 Å².